The number of aryl methyl sites for hydroxylation is 2. The van der Waals surface area contributed by atoms with Crippen LogP contribution in [0.5, 0.6) is 0 Å². The molecule has 2 aromatic rings. The van der Waals surface area contributed by atoms with Gasteiger partial charge in [-0.15, -0.1) is 0 Å². The molecule has 3 N–H and O–H groups in total. The summed E-state index contributed by atoms with van der Waals surface area (Å²) in [5.41, 5.74) is 1.49. The highest BCUT2D eigenvalue weighted by molar-refractivity contribution is 9.10. The van der Waals surface area contributed by atoms with Crippen molar-refractivity contribution in [1.29, 1.82) is 0 Å². The molecule has 1 heterocycles. The lowest BCUT2D eigenvalue weighted by molar-refractivity contribution is 0.102. The Labute approximate surface area is 130 Å². The van der Waals surface area contributed by atoms with Crippen LogP contribution in [-0.4, -0.2) is 24.1 Å². The zero-order valence-electron chi connectivity index (χ0n) is 11.3. The Kier molecular flexibility index (Phi) is 4.17. The van der Waals surface area contributed by atoms with Crippen LogP contribution in [0.1, 0.15) is 16.1 Å². The van der Waals surface area contributed by atoms with Crippen LogP contribution in [0, 0.1) is 6.92 Å². The van der Waals surface area contributed by atoms with Gasteiger partial charge in [0.15, 0.2) is 0 Å². The number of primary sulfonamides is 1. The van der Waals surface area contributed by atoms with E-state index in [-0.39, 0.29) is 10.8 Å². The number of nitrogens with zero attached hydrogens (tertiary/aromatic N) is 2. The summed E-state index contributed by atoms with van der Waals surface area (Å²) in [6.45, 7) is 1.73. The van der Waals surface area contributed by atoms with Gasteiger partial charge in [0.25, 0.3) is 5.91 Å². The van der Waals surface area contributed by atoms with Gasteiger partial charge in [-0.1, -0.05) is 0 Å². The first-order valence-electron chi connectivity index (χ1n) is 5.82. The second kappa shape index (κ2) is 5.58. The molecule has 1 aromatic heterocycles. The number of benzene rings is 1. The number of nitrogens with one attached hydrogen (secondary N) is 1. The monoisotopic (exact) mass is 372 g/mol. The Hall–Kier alpha value is -1.71. The predicted molar refractivity (Wildman–Crippen MR) is 81.4 cm³/mol. The lowest BCUT2D eigenvalue weighted by Crippen LogP contribution is -2.14. The molecule has 1 amide bonds. The van der Waals surface area contributed by atoms with Crippen molar-refractivity contribution < 1.29 is 13.2 Å². The van der Waals surface area contributed by atoms with Gasteiger partial charge < -0.3 is 5.32 Å². The van der Waals surface area contributed by atoms with Crippen molar-refractivity contribution in [2.45, 2.75) is 11.8 Å². The van der Waals surface area contributed by atoms with Crippen molar-refractivity contribution in [1.82, 2.24) is 9.78 Å². The van der Waals surface area contributed by atoms with Crippen LogP contribution in [0.25, 0.3) is 0 Å². The molecule has 0 aliphatic heterocycles. The van der Waals surface area contributed by atoms with Crippen LogP contribution in [0.4, 0.5) is 5.69 Å². The maximum Gasteiger partial charge on any atom is 0.259 e. The van der Waals surface area contributed by atoms with E-state index in [1.54, 1.807) is 24.9 Å². The molecule has 7 nitrogen and oxygen atoms in total. The fraction of sp³-hybridized carbons (Fsp3) is 0.167. The number of carbonyl (C=O) groups is 1. The Morgan fingerprint density at radius 1 is 1.43 bits per heavy atom. The summed E-state index contributed by atoms with van der Waals surface area (Å²) in [7, 11) is -2.06. The number of halogens is 1. The summed E-state index contributed by atoms with van der Waals surface area (Å²) in [5.74, 6) is -0.329. The van der Waals surface area contributed by atoms with Crippen molar-refractivity contribution in [2.75, 3.05) is 5.32 Å². The van der Waals surface area contributed by atoms with E-state index in [0.29, 0.717) is 21.4 Å². The van der Waals surface area contributed by atoms with Gasteiger partial charge in [-0.2, -0.15) is 5.10 Å². The Balaban J connectivity index is 2.28. The lowest BCUT2D eigenvalue weighted by atomic mass is 10.2. The molecule has 0 saturated carbocycles. The molecular formula is C12H13BrN4O3S. The normalized spacial score (nSPS) is 11.4. The Morgan fingerprint density at radius 3 is 2.57 bits per heavy atom. The molecule has 0 unspecified atom stereocenters. The molecule has 0 radical (unpaired) electrons. The zero-order valence-corrected chi connectivity index (χ0v) is 13.7. The molecule has 0 fully saturated rings. The minimum atomic E-state index is -3.78. The molecular weight excluding hydrogens is 360 g/mol. The number of rotatable bonds is 3. The number of sulfonamides is 1. The molecule has 0 bridgehead atoms. The zero-order chi connectivity index (χ0) is 15.8. The number of amides is 1. The van der Waals surface area contributed by atoms with Gasteiger partial charge in [0.2, 0.25) is 10.0 Å². The molecule has 112 valence electrons. The van der Waals surface area contributed by atoms with Gasteiger partial charge in [0, 0.05) is 17.7 Å². The minimum Gasteiger partial charge on any atom is -0.321 e. The largest absolute Gasteiger partial charge is 0.321 e. The maximum absolute atomic E-state index is 12.2. The van der Waals surface area contributed by atoms with E-state index >= 15 is 0 Å². The third-order valence-electron chi connectivity index (χ3n) is 2.78. The predicted octanol–water partition coefficient (Wildman–Crippen LogP) is 1.39. The number of nitrogens with two attached hydrogens (primary N) is 1. The van der Waals surface area contributed by atoms with Gasteiger partial charge in [-0.3, -0.25) is 9.48 Å². The fourth-order valence-corrected chi connectivity index (χ4v) is 2.96. The molecule has 21 heavy (non-hydrogen) atoms. The van der Waals surface area contributed by atoms with Gasteiger partial charge in [0.1, 0.15) is 0 Å². The molecule has 0 aliphatic rings. The van der Waals surface area contributed by atoms with Gasteiger partial charge in [-0.05, 0) is 41.1 Å². The van der Waals surface area contributed by atoms with Crippen LogP contribution >= 0.6 is 15.9 Å². The standard InChI is InChI=1S/C12H13BrN4O3S/c1-7-9(6-17(2)16-7)12(18)15-11-4-3-8(5-10(11)13)21(14,19)20/h3-6H,1-2H3,(H,15,18)(H2,14,19,20). The molecule has 2 rings (SSSR count). The van der Waals surface area contributed by atoms with E-state index in [4.69, 9.17) is 5.14 Å². The number of carbonyl (C=O) groups excluding carboxylic acids is 1. The van der Waals surface area contributed by atoms with Crippen LogP contribution < -0.4 is 10.5 Å². The van der Waals surface area contributed by atoms with Gasteiger partial charge >= 0.3 is 0 Å². The average Bonchev–Trinajstić information content (AvgIpc) is 2.69. The molecule has 0 saturated heterocycles. The van der Waals surface area contributed by atoms with Crippen LogP contribution in [-0.2, 0) is 17.1 Å². The molecule has 1 aromatic carbocycles. The van der Waals surface area contributed by atoms with Crippen LogP contribution in [0.2, 0.25) is 0 Å². The van der Waals surface area contributed by atoms with Crippen molar-refractivity contribution in [3.05, 3.63) is 40.1 Å². The quantitative estimate of drug-likeness (QED) is 0.848. The number of aromatic nitrogens is 2. The summed E-state index contributed by atoms with van der Waals surface area (Å²) in [6, 6.07) is 4.13. The van der Waals surface area contributed by atoms with E-state index in [1.807, 2.05) is 0 Å². The molecule has 0 atom stereocenters. The smallest absolute Gasteiger partial charge is 0.259 e. The highest BCUT2D eigenvalue weighted by atomic mass is 79.9. The Bertz CT molecular complexity index is 814. The summed E-state index contributed by atoms with van der Waals surface area (Å²) in [6.07, 6.45) is 1.61. The van der Waals surface area contributed by atoms with Crippen LogP contribution in [0.15, 0.2) is 33.8 Å². The van der Waals surface area contributed by atoms with Crippen molar-refractivity contribution in [3.63, 3.8) is 0 Å². The van der Waals surface area contributed by atoms with E-state index < -0.39 is 10.0 Å². The van der Waals surface area contributed by atoms with Gasteiger partial charge in [-0.25, -0.2) is 13.6 Å². The Morgan fingerprint density at radius 2 is 2.10 bits per heavy atom. The minimum absolute atomic E-state index is 0.0371. The third kappa shape index (κ3) is 3.49. The highest BCUT2D eigenvalue weighted by Crippen LogP contribution is 2.26. The summed E-state index contributed by atoms with van der Waals surface area (Å²) in [4.78, 5) is 12.1. The van der Waals surface area contributed by atoms with Crippen molar-refractivity contribution >= 4 is 37.5 Å². The highest BCUT2D eigenvalue weighted by Gasteiger charge is 2.15. The van der Waals surface area contributed by atoms with Crippen molar-refractivity contribution in [3.8, 4) is 0 Å². The second-order valence-electron chi connectivity index (χ2n) is 4.44. The van der Waals surface area contributed by atoms with E-state index in [2.05, 4.69) is 26.3 Å². The van der Waals surface area contributed by atoms with E-state index in [0.717, 1.165) is 0 Å². The first-order chi connectivity index (χ1) is 9.68. The first kappa shape index (κ1) is 15.7. The SMILES string of the molecule is Cc1nn(C)cc1C(=O)Nc1ccc(S(N)(=O)=O)cc1Br. The number of anilines is 1. The molecule has 0 spiro atoms. The average molecular weight is 373 g/mol. The third-order valence-corrected chi connectivity index (χ3v) is 4.34. The van der Waals surface area contributed by atoms with Crippen molar-refractivity contribution in [2.24, 2.45) is 12.2 Å². The summed E-state index contributed by atoms with van der Waals surface area (Å²) in [5, 5.41) is 11.8. The second-order valence-corrected chi connectivity index (χ2v) is 6.86. The van der Waals surface area contributed by atoms with E-state index in [9.17, 15) is 13.2 Å². The molecule has 0 aliphatic carbocycles. The maximum atomic E-state index is 12.2. The topological polar surface area (TPSA) is 107 Å². The summed E-state index contributed by atoms with van der Waals surface area (Å²) >= 11 is 3.21. The van der Waals surface area contributed by atoms with E-state index in [1.165, 1.54) is 18.2 Å². The first-order valence-corrected chi connectivity index (χ1v) is 8.16. The van der Waals surface area contributed by atoms with Crippen LogP contribution in [0.3, 0.4) is 0 Å². The fourth-order valence-electron chi connectivity index (χ4n) is 1.79. The summed E-state index contributed by atoms with van der Waals surface area (Å²) < 4.78 is 24.5. The lowest BCUT2D eigenvalue weighted by Gasteiger charge is -2.08. The number of hydrogen-bond donors (Lipinski definition) is 2. The number of hydrogen-bond acceptors (Lipinski definition) is 4. The molecule has 9 heteroatoms. The van der Waals surface area contributed by atoms with Gasteiger partial charge in [0.05, 0.1) is 21.8 Å².